The molecule has 0 aliphatic carbocycles. The number of hydrogen-bond donors (Lipinski definition) is 0. The molecule has 1 rings (SSSR count). The number of hydrogen-bond acceptors (Lipinski definition) is 2. The molecule has 1 heterocycles. The van der Waals surface area contributed by atoms with Crippen LogP contribution in [0.15, 0.2) is 18.3 Å². The second-order valence-electron chi connectivity index (χ2n) is 5.07. The second-order valence-corrected chi connectivity index (χ2v) is 5.46. The summed E-state index contributed by atoms with van der Waals surface area (Å²) in [6, 6.07) is 3.39. The summed E-state index contributed by atoms with van der Waals surface area (Å²) in [7, 11) is 0. The van der Waals surface area contributed by atoms with E-state index >= 15 is 0 Å². The molecule has 112 valence electrons. The average molecular weight is 297 g/mol. The van der Waals surface area contributed by atoms with Crippen LogP contribution in [0.1, 0.15) is 62.7 Å². The summed E-state index contributed by atoms with van der Waals surface area (Å²) < 4.78 is 0. The minimum Gasteiger partial charge on any atom is -0.339 e. The van der Waals surface area contributed by atoms with E-state index in [0.717, 1.165) is 51.6 Å². The van der Waals surface area contributed by atoms with Crippen LogP contribution >= 0.6 is 11.6 Å². The first-order valence-electron chi connectivity index (χ1n) is 7.59. The van der Waals surface area contributed by atoms with Gasteiger partial charge in [-0.3, -0.25) is 4.79 Å². The molecule has 1 aromatic heterocycles. The lowest BCUT2D eigenvalue weighted by Crippen LogP contribution is -2.33. The lowest BCUT2D eigenvalue weighted by molar-refractivity contribution is 0.0749. The van der Waals surface area contributed by atoms with Crippen LogP contribution in [0, 0.1) is 0 Å². The number of amides is 1. The van der Waals surface area contributed by atoms with Crippen molar-refractivity contribution in [1.29, 1.82) is 0 Å². The Morgan fingerprint density at radius 3 is 2.25 bits per heavy atom. The van der Waals surface area contributed by atoms with Gasteiger partial charge in [-0.05, 0) is 25.0 Å². The highest BCUT2D eigenvalue weighted by Crippen LogP contribution is 2.12. The van der Waals surface area contributed by atoms with Gasteiger partial charge >= 0.3 is 0 Å². The van der Waals surface area contributed by atoms with Crippen molar-refractivity contribution < 1.29 is 4.79 Å². The number of halogens is 1. The van der Waals surface area contributed by atoms with Crippen molar-refractivity contribution >= 4 is 17.5 Å². The topological polar surface area (TPSA) is 33.2 Å². The maximum absolute atomic E-state index is 12.5. The highest BCUT2D eigenvalue weighted by atomic mass is 35.5. The fourth-order valence-corrected chi connectivity index (χ4v) is 2.31. The zero-order chi connectivity index (χ0) is 14.8. The molecule has 0 N–H and O–H groups in total. The van der Waals surface area contributed by atoms with E-state index in [-0.39, 0.29) is 5.91 Å². The summed E-state index contributed by atoms with van der Waals surface area (Å²) in [5.41, 5.74) is 0.637. The Balaban J connectivity index is 2.66. The number of carbonyl (C=O) groups excluding carboxylic acids is 1. The van der Waals surface area contributed by atoms with Gasteiger partial charge < -0.3 is 4.90 Å². The molecule has 0 aliphatic rings. The van der Waals surface area contributed by atoms with Crippen LogP contribution < -0.4 is 0 Å². The normalized spacial score (nSPS) is 10.6. The highest BCUT2D eigenvalue weighted by molar-refractivity contribution is 6.29. The predicted octanol–water partition coefficient (Wildman–Crippen LogP) is 4.56. The van der Waals surface area contributed by atoms with Gasteiger partial charge in [0.05, 0.1) is 0 Å². The Labute approximate surface area is 127 Å². The molecule has 0 aliphatic heterocycles. The molecule has 0 aromatic carbocycles. The van der Waals surface area contributed by atoms with E-state index in [1.165, 1.54) is 0 Å². The second kappa shape index (κ2) is 9.76. The van der Waals surface area contributed by atoms with Gasteiger partial charge in [-0.2, -0.15) is 0 Å². The molecule has 0 spiro atoms. The number of unbranched alkanes of at least 4 members (excludes halogenated alkanes) is 4. The molecular formula is C16H25ClN2O. The Morgan fingerprint density at radius 2 is 1.75 bits per heavy atom. The van der Waals surface area contributed by atoms with Gasteiger partial charge in [0.2, 0.25) is 0 Å². The third-order valence-electron chi connectivity index (χ3n) is 3.32. The molecule has 1 aromatic rings. The maximum atomic E-state index is 12.5. The maximum Gasteiger partial charge on any atom is 0.254 e. The van der Waals surface area contributed by atoms with E-state index in [1.54, 1.807) is 18.3 Å². The Hall–Kier alpha value is -1.09. The lowest BCUT2D eigenvalue weighted by atomic mass is 10.1. The summed E-state index contributed by atoms with van der Waals surface area (Å²) in [6.07, 6.45) is 8.37. The zero-order valence-electron chi connectivity index (χ0n) is 12.6. The van der Waals surface area contributed by atoms with E-state index in [4.69, 9.17) is 11.6 Å². The fraction of sp³-hybridized carbons (Fsp3) is 0.625. The van der Waals surface area contributed by atoms with E-state index in [1.807, 2.05) is 4.90 Å². The Bertz CT molecular complexity index is 399. The van der Waals surface area contributed by atoms with Crippen LogP contribution in [0.5, 0.6) is 0 Å². The minimum absolute atomic E-state index is 0.0708. The summed E-state index contributed by atoms with van der Waals surface area (Å²) in [5.74, 6) is 0.0708. The fourth-order valence-electron chi connectivity index (χ4n) is 2.14. The molecule has 4 heteroatoms. The first kappa shape index (κ1) is 17.0. The van der Waals surface area contributed by atoms with E-state index in [9.17, 15) is 4.79 Å². The molecule has 20 heavy (non-hydrogen) atoms. The standard InChI is InChI=1S/C16H25ClN2O/c1-3-5-7-11-19(12-8-6-4-2)16(20)14-9-10-18-15(17)13-14/h9-10,13H,3-8,11-12H2,1-2H3. The molecule has 0 bridgehead atoms. The molecule has 3 nitrogen and oxygen atoms in total. The predicted molar refractivity (Wildman–Crippen MR) is 84.2 cm³/mol. The van der Waals surface area contributed by atoms with E-state index in [0.29, 0.717) is 10.7 Å². The van der Waals surface area contributed by atoms with Crippen LogP contribution in [-0.4, -0.2) is 28.9 Å². The lowest BCUT2D eigenvalue weighted by Gasteiger charge is -2.23. The minimum atomic E-state index is 0.0708. The Morgan fingerprint density at radius 1 is 1.15 bits per heavy atom. The number of aromatic nitrogens is 1. The third kappa shape index (κ3) is 5.91. The molecule has 0 unspecified atom stereocenters. The van der Waals surface area contributed by atoms with E-state index < -0.39 is 0 Å². The van der Waals surface area contributed by atoms with Crippen LogP contribution in [0.4, 0.5) is 0 Å². The number of pyridine rings is 1. The van der Waals surface area contributed by atoms with Gasteiger partial charge in [-0.25, -0.2) is 4.98 Å². The van der Waals surface area contributed by atoms with Gasteiger partial charge in [0.1, 0.15) is 5.15 Å². The number of nitrogens with zero attached hydrogens (tertiary/aromatic N) is 2. The van der Waals surface area contributed by atoms with Crippen molar-refractivity contribution in [2.45, 2.75) is 52.4 Å². The van der Waals surface area contributed by atoms with Crippen molar-refractivity contribution in [3.8, 4) is 0 Å². The first-order chi connectivity index (χ1) is 9.69. The van der Waals surface area contributed by atoms with Gasteiger partial charge in [-0.1, -0.05) is 51.1 Å². The van der Waals surface area contributed by atoms with Crippen LogP contribution in [0.25, 0.3) is 0 Å². The van der Waals surface area contributed by atoms with Crippen LogP contribution in [0.2, 0.25) is 5.15 Å². The molecule has 0 saturated carbocycles. The molecule has 0 fully saturated rings. The molecule has 0 atom stereocenters. The molecule has 0 radical (unpaired) electrons. The summed E-state index contributed by atoms with van der Waals surface area (Å²) >= 11 is 5.87. The molecule has 0 saturated heterocycles. The first-order valence-corrected chi connectivity index (χ1v) is 7.97. The van der Waals surface area contributed by atoms with Crippen molar-refractivity contribution in [3.05, 3.63) is 29.0 Å². The Kier molecular flexibility index (Phi) is 8.28. The summed E-state index contributed by atoms with van der Waals surface area (Å²) in [6.45, 7) is 6.00. The quantitative estimate of drug-likeness (QED) is 0.494. The van der Waals surface area contributed by atoms with Crippen molar-refractivity contribution in [1.82, 2.24) is 9.88 Å². The highest BCUT2D eigenvalue weighted by Gasteiger charge is 2.15. The number of carbonyl (C=O) groups is 1. The van der Waals surface area contributed by atoms with Crippen molar-refractivity contribution in [3.63, 3.8) is 0 Å². The van der Waals surface area contributed by atoms with Crippen LogP contribution in [-0.2, 0) is 0 Å². The van der Waals surface area contributed by atoms with Crippen molar-refractivity contribution in [2.24, 2.45) is 0 Å². The zero-order valence-corrected chi connectivity index (χ0v) is 13.3. The SMILES string of the molecule is CCCCCN(CCCCC)C(=O)c1ccnc(Cl)c1. The van der Waals surface area contributed by atoms with Gasteiger partial charge in [0.15, 0.2) is 0 Å². The third-order valence-corrected chi connectivity index (χ3v) is 3.53. The number of rotatable bonds is 9. The average Bonchev–Trinajstić information content (AvgIpc) is 2.45. The molecular weight excluding hydrogens is 272 g/mol. The monoisotopic (exact) mass is 296 g/mol. The van der Waals surface area contributed by atoms with Crippen molar-refractivity contribution in [2.75, 3.05) is 13.1 Å². The van der Waals surface area contributed by atoms with Crippen LogP contribution in [0.3, 0.4) is 0 Å². The van der Waals surface area contributed by atoms with Gasteiger partial charge in [0, 0.05) is 24.8 Å². The smallest absolute Gasteiger partial charge is 0.254 e. The summed E-state index contributed by atoms with van der Waals surface area (Å²) in [5, 5.41) is 0.373. The van der Waals surface area contributed by atoms with Gasteiger partial charge in [0.25, 0.3) is 5.91 Å². The van der Waals surface area contributed by atoms with Gasteiger partial charge in [-0.15, -0.1) is 0 Å². The van der Waals surface area contributed by atoms with E-state index in [2.05, 4.69) is 18.8 Å². The largest absolute Gasteiger partial charge is 0.339 e. The molecule has 1 amide bonds. The summed E-state index contributed by atoms with van der Waals surface area (Å²) in [4.78, 5) is 18.4.